The van der Waals surface area contributed by atoms with Crippen LogP contribution in [0.4, 0.5) is 0 Å². The maximum atomic E-state index is 2.38. The van der Waals surface area contributed by atoms with Gasteiger partial charge >= 0.3 is 0 Å². The van der Waals surface area contributed by atoms with Crippen molar-refractivity contribution in [3.8, 4) is 0 Å². The lowest BCUT2D eigenvalue weighted by Crippen LogP contribution is -2.05. The zero-order valence-electron chi connectivity index (χ0n) is 8.80. The van der Waals surface area contributed by atoms with Gasteiger partial charge in [0.25, 0.3) is 0 Å². The fraction of sp³-hybridized carbons (Fsp3) is 0.538. The maximum absolute atomic E-state index is 2.38. The zero-order chi connectivity index (χ0) is 9.47. The Labute approximate surface area is 81.0 Å². The third kappa shape index (κ3) is 1.50. The summed E-state index contributed by atoms with van der Waals surface area (Å²) in [6.45, 7) is 6.95. The third-order valence-corrected chi connectivity index (χ3v) is 3.23. The molecular formula is C13H18. The lowest BCUT2D eigenvalue weighted by atomic mass is 9.88. The van der Waals surface area contributed by atoms with Gasteiger partial charge in [-0.15, -0.1) is 0 Å². The van der Waals surface area contributed by atoms with Gasteiger partial charge in [-0.1, -0.05) is 45.0 Å². The van der Waals surface area contributed by atoms with Gasteiger partial charge in [-0.2, -0.15) is 0 Å². The van der Waals surface area contributed by atoms with Gasteiger partial charge in [0.2, 0.25) is 0 Å². The summed E-state index contributed by atoms with van der Waals surface area (Å²) >= 11 is 0. The first kappa shape index (κ1) is 8.80. The van der Waals surface area contributed by atoms with E-state index >= 15 is 0 Å². The van der Waals surface area contributed by atoms with E-state index < -0.39 is 0 Å². The Bertz CT molecular complexity index is 306. The molecule has 0 radical (unpaired) electrons. The standard InChI is InChI=1S/C13H18/c1-10(2)11-6-4-5-7-12(11)13(3)8-9-13/h4-7,10H,8-9H2,1-3H3. The average molecular weight is 174 g/mol. The molecule has 1 aliphatic rings. The van der Waals surface area contributed by atoms with E-state index in [1.54, 1.807) is 11.1 Å². The van der Waals surface area contributed by atoms with E-state index in [9.17, 15) is 0 Å². The predicted octanol–water partition coefficient (Wildman–Crippen LogP) is 3.86. The van der Waals surface area contributed by atoms with Crippen molar-refractivity contribution in [2.75, 3.05) is 0 Å². The van der Waals surface area contributed by atoms with Gasteiger partial charge in [-0.3, -0.25) is 0 Å². The van der Waals surface area contributed by atoms with Crippen molar-refractivity contribution in [3.05, 3.63) is 35.4 Å². The molecule has 1 aromatic carbocycles. The van der Waals surface area contributed by atoms with E-state index in [1.807, 2.05) is 0 Å². The second-order valence-corrected chi connectivity index (χ2v) is 4.80. The molecule has 1 aliphatic carbocycles. The van der Waals surface area contributed by atoms with E-state index in [4.69, 9.17) is 0 Å². The second kappa shape index (κ2) is 2.87. The van der Waals surface area contributed by atoms with Crippen molar-refractivity contribution in [3.63, 3.8) is 0 Å². The Hall–Kier alpha value is -0.780. The summed E-state index contributed by atoms with van der Waals surface area (Å²) in [5.74, 6) is 0.661. The molecule has 0 N–H and O–H groups in total. The molecule has 2 rings (SSSR count). The summed E-state index contributed by atoms with van der Waals surface area (Å²) in [5.41, 5.74) is 3.65. The minimum atomic E-state index is 0.515. The van der Waals surface area contributed by atoms with Crippen LogP contribution in [0, 0.1) is 0 Å². The number of hydrogen-bond acceptors (Lipinski definition) is 0. The Morgan fingerprint density at radius 2 is 1.77 bits per heavy atom. The van der Waals surface area contributed by atoms with E-state index in [0.717, 1.165) is 0 Å². The molecule has 0 spiro atoms. The normalized spacial score (nSPS) is 19.1. The first-order valence-electron chi connectivity index (χ1n) is 5.23. The quantitative estimate of drug-likeness (QED) is 0.638. The lowest BCUT2D eigenvalue weighted by Gasteiger charge is -2.17. The summed E-state index contributed by atoms with van der Waals surface area (Å²) in [6.07, 6.45) is 2.74. The molecule has 0 amide bonds. The van der Waals surface area contributed by atoms with Crippen LogP contribution in [-0.4, -0.2) is 0 Å². The Balaban J connectivity index is 2.44. The van der Waals surface area contributed by atoms with Crippen LogP contribution in [0.5, 0.6) is 0 Å². The van der Waals surface area contributed by atoms with Crippen molar-refractivity contribution in [1.82, 2.24) is 0 Å². The highest BCUT2D eigenvalue weighted by Gasteiger charge is 2.40. The molecular weight excluding hydrogens is 156 g/mol. The van der Waals surface area contributed by atoms with Gasteiger partial charge < -0.3 is 0 Å². The highest BCUT2D eigenvalue weighted by molar-refractivity contribution is 5.39. The Morgan fingerprint density at radius 3 is 2.31 bits per heavy atom. The molecule has 0 heteroatoms. The first-order chi connectivity index (χ1) is 6.13. The van der Waals surface area contributed by atoms with Crippen molar-refractivity contribution in [1.29, 1.82) is 0 Å². The van der Waals surface area contributed by atoms with E-state index in [1.165, 1.54) is 12.8 Å². The molecule has 1 saturated carbocycles. The summed E-state index contributed by atoms with van der Waals surface area (Å²) in [6, 6.07) is 8.92. The van der Waals surface area contributed by atoms with Crippen LogP contribution < -0.4 is 0 Å². The fourth-order valence-electron chi connectivity index (χ4n) is 2.01. The minimum absolute atomic E-state index is 0.515. The molecule has 70 valence electrons. The molecule has 13 heavy (non-hydrogen) atoms. The van der Waals surface area contributed by atoms with Crippen LogP contribution in [0.1, 0.15) is 50.7 Å². The zero-order valence-corrected chi connectivity index (χ0v) is 8.80. The van der Waals surface area contributed by atoms with Gasteiger partial charge in [-0.25, -0.2) is 0 Å². The Morgan fingerprint density at radius 1 is 1.15 bits per heavy atom. The topological polar surface area (TPSA) is 0 Å². The van der Waals surface area contributed by atoms with Crippen molar-refractivity contribution in [2.45, 2.75) is 44.9 Å². The van der Waals surface area contributed by atoms with Crippen LogP contribution in [0.15, 0.2) is 24.3 Å². The van der Waals surface area contributed by atoms with Gasteiger partial charge in [0.15, 0.2) is 0 Å². The molecule has 1 fully saturated rings. The van der Waals surface area contributed by atoms with E-state index in [-0.39, 0.29) is 0 Å². The molecule has 0 saturated heterocycles. The second-order valence-electron chi connectivity index (χ2n) is 4.80. The molecule has 0 heterocycles. The van der Waals surface area contributed by atoms with Crippen LogP contribution in [0.2, 0.25) is 0 Å². The number of benzene rings is 1. The predicted molar refractivity (Wildman–Crippen MR) is 57.1 cm³/mol. The largest absolute Gasteiger partial charge is 0.0620 e. The summed E-state index contributed by atoms with van der Waals surface area (Å²) in [5, 5.41) is 0. The van der Waals surface area contributed by atoms with Crippen molar-refractivity contribution in [2.24, 2.45) is 0 Å². The van der Waals surface area contributed by atoms with E-state index in [2.05, 4.69) is 45.0 Å². The molecule has 0 aromatic heterocycles. The third-order valence-electron chi connectivity index (χ3n) is 3.23. The van der Waals surface area contributed by atoms with Gasteiger partial charge in [0, 0.05) is 0 Å². The van der Waals surface area contributed by atoms with Crippen LogP contribution in [-0.2, 0) is 5.41 Å². The SMILES string of the molecule is CC(C)c1ccccc1C1(C)CC1. The van der Waals surface area contributed by atoms with Gasteiger partial charge in [0.1, 0.15) is 0 Å². The van der Waals surface area contributed by atoms with Crippen molar-refractivity contribution < 1.29 is 0 Å². The average Bonchev–Trinajstić information content (AvgIpc) is 2.85. The number of rotatable bonds is 2. The van der Waals surface area contributed by atoms with Crippen LogP contribution in [0.3, 0.4) is 0 Å². The number of hydrogen-bond donors (Lipinski definition) is 0. The minimum Gasteiger partial charge on any atom is -0.0620 e. The fourth-order valence-corrected chi connectivity index (χ4v) is 2.01. The Kier molecular flexibility index (Phi) is 1.94. The van der Waals surface area contributed by atoms with Gasteiger partial charge in [-0.05, 0) is 35.3 Å². The first-order valence-corrected chi connectivity index (χ1v) is 5.23. The maximum Gasteiger partial charge on any atom is -0.00718 e. The summed E-state index contributed by atoms with van der Waals surface area (Å²) in [7, 11) is 0. The van der Waals surface area contributed by atoms with Crippen LogP contribution >= 0.6 is 0 Å². The highest BCUT2D eigenvalue weighted by atomic mass is 14.4. The van der Waals surface area contributed by atoms with E-state index in [0.29, 0.717) is 11.3 Å². The summed E-state index contributed by atoms with van der Waals surface area (Å²) < 4.78 is 0. The molecule has 0 atom stereocenters. The lowest BCUT2D eigenvalue weighted by molar-refractivity contribution is 0.742. The van der Waals surface area contributed by atoms with Gasteiger partial charge in [0.05, 0.1) is 0 Å². The molecule has 0 aliphatic heterocycles. The smallest absolute Gasteiger partial charge is 0.00718 e. The van der Waals surface area contributed by atoms with Crippen LogP contribution in [0.25, 0.3) is 0 Å². The molecule has 0 bridgehead atoms. The molecule has 1 aromatic rings. The monoisotopic (exact) mass is 174 g/mol. The molecule has 0 nitrogen and oxygen atoms in total. The molecule has 0 unspecified atom stereocenters. The highest BCUT2D eigenvalue weighted by Crippen LogP contribution is 2.49. The summed E-state index contributed by atoms with van der Waals surface area (Å²) in [4.78, 5) is 0. The van der Waals surface area contributed by atoms with Crippen molar-refractivity contribution >= 4 is 0 Å².